The van der Waals surface area contributed by atoms with E-state index < -0.39 is 10.0 Å². The van der Waals surface area contributed by atoms with Crippen molar-refractivity contribution in [3.05, 3.63) is 48.8 Å². The quantitative estimate of drug-likeness (QED) is 0.536. The maximum atomic E-state index is 12.7. The van der Waals surface area contributed by atoms with Gasteiger partial charge < -0.3 is 9.73 Å². The van der Waals surface area contributed by atoms with Crippen molar-refractivity contribution < 1.29 is 17.6 Å². The number of amides is 1. The molecule has 2 aromatic heterocycles. The van der Waals surface area contributed by atoms with Crippen LogP contribution in [0.25, 0.3) is 11.5 Å². The topological polar surface area (TPSA) is 118 Å². The van der Waals surface area contributed by atoms with Crippen LogP contribution in [0.5, 0.6) is 0 Å². The van der Waals surface area contributed by atoms with E-state index >= 15 is 0 Å². The number of sulfonamides is 1. The second kappa shape index (κ2) is 9.58. The molecule has 1 amide bonds. The molecule has 3 heterocycles. The van der Waals surface area contributed by atoms with Gasteiger partial charge in [0, 0.05) is 36.7 Å². The Hall–Kier alpha value is -2.76. The van der Waals surface area contributed by atoms with Crippen molar-refractivity contribution in [2.45, 2.75) is 29.4 Å². The molecular formula is C20H21N5O4S2. The number of nitrogens with zero attached hydrogens (tertiary/aromatic N) is 4. The monoisotopic (exact) mass is 459 g/mol. The predicted molar refractivity (Wildman–Crippen MR) is 116 cm³/mol. The van der Waals surface area contributed by atoms with E-state index in [1.807, 2.05) is 0 Å². The Bertz CT molecular complexity index is 1130. The van der Waals surface area contributed by atoms with E-state index in [-0.39, 0.29) is 21.8 Å². The normalized spacial score (nSPS) is 15.0. The molecule has 1 aliphatic heterocycles. The number of carbonyl (C=O) groups excluding carboxylic acids is 1. The van der Waals surface area contributed by atoms with Crippen LogP contribution in [0.4, 0.5) is 5.69 Å². The molecule has 1 N–H and O–H groups in total. The van der Waals surface area contributed by atoms with Gasteiger partial charge in [0.15, 0.2) is 0 Å². The lowest BCUT2D eigenvalue weighted by molar-refractivity contribution is -0.113. The third kappa shape index (κ3) is 5.30. The zero-order valence-electron chi connectivity index (χ0n) is 16.6. The van der Waals surface area contributed by atoms with E-state index in [1.54, 1.807) is 36.7 Å². The molecule has 0 unspecified atom stereocenters. The minimum Gasteiger partial charge on any atom is -0.411 e. The second-order valence-corrected chi connectivity index (χ2v) is 9.80. The van der Waals surface area contributed by atoms with Gasteiger partial charge in [0.05, 0.1) is 10.6 Å². The minimum absolute atomic E-state index is 0.0752. The first-order chi connectivity index (χ1) is 15.0. The molecule has 31 heavy (non-hydrogen) atoms. The maximum Gasteiger partial charge on any atom is 0.277 e. The van der Waals surface area contributed by atoms with Crippen LogP contribution in [0, 0.1) is 0 Å². The number of carbonyl (C=O) groups is 1. The number of hydrogen-bond donors (Lipinski definition) is 1. The molecule has 1 aromatic carbocycles. The fourth-order valence-electron chi connectivity index (χ4n) is 3.17. The third-order valence-electron chi connectivity index (χ3n) is 4.75. The van der Waals surface area contributed by atoms with Gasteiger partial charge in [0.25, 0.3) is 5.22 Å². The largest absolute Gasteiger partial charge is 0.411 e. The van der Waals surface area contributed by atoms with Crippen molar-refractivity contribution in [1.82, 2.24) is 19.5 Å². The number of pyridine rings is 1. The van der Waals surface area contributed by atoms with Gasteiger partial charge in [0.2, 0.25) is 21.8 Å². The molecule has 162 valence electrons. The number of rotatable bonds is 7. The Balaban J connectivity index is 1.31. The second-order valence-electron chi connectivity index (χ2n) is 6.93. The van der Waals surface area contributed by atoms with E-state index in [1.165, 1.54) is 16.4 Å². The molecule has 1 aliphatic rings. The number of benzene rings is 1. The average Bonchev–Trinajstić information content (AvgIpc) is 3.28. The van der Waals surface area contributed by atoms with Crippen LogP contribution in [0.1, 0.15) is 19.3 Å². The number of piperidine rings is 1. The summed E-state index contributed by atoms with van der Waals surface area (Å²) in [5.41, 5.74) is 1.27. The molecule has 1 fully saturated rings. The van der Waals surface area contributed by atoms with Gasteiger partial charge in [-0.05, 0) is 49.2 Å². The first kappa shape index (κ1) is 21.5. The fourth-order valence-corrected chi connectivity index (χ4v) is 5.25. The van der Waals surface area contributed by atoms with Gasteiger partial charge in [-0.25, -0.2) is 8.42 Å². The first-order valence-electron chi connectivity index (χ1n) is 9.79. The highest BCUT2D eigenvalue weighted by molar-refractivity contribution is 7.99. The summed E-state index contributed by atoms with van der Waals surface area (Å²) < 4.78 is 32.4. The smallest absolute Gasteiger partial charge is 0.277 e. The standard InChI is InChI=1S/C20H21N5O4S2/c26-18(14-30-20-24-23-19(29-20)15-8-10-21-11-9-15)22-16-4-6-17(7-5-16)31(27,28)25-12-2-1-3-13-25/h4-11H,1-3,12-14H2,(H,22,26). The summed E-state index contributed by atoms with van der Waals surface area (Å²) >= 11 is 1.12. The summed E-state index contributed by atoms with van der Waals surface area (Å²) in [6.45, 7) is 1.10. The molecule has 1 saturated heterocycles. The van der Waals surface area contributed by atoms with Crippen molar-refractivity contribution in [1.29, 1.82) is 0 Å². The molecule has 0 bridgehead atoms. The van der Waals surface area contributed by atoms with Gasteiger partial charge >= 0.3 is 0 Å². The highest BCUT2D eigenvalue weighted by Gasteiger charge is 2.25. The Labute approximate surface area is 184 Å². The lowest BCUT2D eigenvalue weighted by Crippen LogP contribution is -2.35. The van der Waals surface area contributed by atoms with Crippen molar-refractivity contribution >= 4 is 33.4 Å². The number of nitrogens with one attached hydrogen (secondary N) is 1. The van der Waals surface area contributed by atoms with Crippen LogP contribution < -0.4 is 5.32 Å². The van der Waals surface area contributed by atoms with Gasteiger partial charge in [0.1, 0.15) is 0 Å². The van der Waals surface area contributed by atoms with Crippen LogP contribution >= 0.6 is 11.8 Å². The lowest BCUT2D eigenvalue weighted by atomic mass is 10.2. The molecule has 11 heteroatoms. The van der Waals surface area contributed by atoms with Crippen LogP contribution in [-0.4, -0.2) is 52.7 Å². The molecule has 0 radical (unpaired) electrons. The minimum atomic E-state index is -3.49. The van der Waals surface area contributed by atoms with Crippen molar-refractivity contribution in [3.63, 3.8) is 0 Å². The van der Waals surface area contributed by atoms with Crippen LogP contribution in [0.2, 0.25) is 0 Å². The van der Waals surface area contributed by atoms with E-state index in [4.69, 9.17) is 4.42 Å². The lowest BCUT2D eigenvalue weighted by Gasteiger charge is -2.25. The highest BCUT2D eigenvalue weighted by Crippen LogP contribution is 2.24. The summed E-state index contributed by atoms with van der Waals surface area (Å²) in [5.74, 6) is 0.169. The van der Waals surface area contributed by atoms with Crippen molar-refractivity contribution in [2.75, 3.05) is 24.2 Å². The van der Waals surface area contributed by atoms with Gasteiger partial charge in [-0.15, -0.1) is 10.2 Å². The summed E-state index contributed by atoms with van der Waals surface area (Å²) in [6, 6.07) is 9.73. The van der Waals surface area contributed by atoms with E-state index in [0.717, 1.165) is 36.6 Å². The molecule has 0 atom stereocenters. The number of hydrogen-bond acceptors (Lipinski definition) is 8. The Morgan fingerprint density at radius 2 is 1.74 bits per heavy atom. The maximum absolute atomic E-state index is 12.7. The van der Waals surface area contributed by atoms with Crippen LogP contribution in [0.15, 0.2) is 63.3 Å². The number of anilines is 1. The van der Waals surface area contributed by atoms with Gasteiger partial charge in [-0.1, -0.05) is 18.2 Å². The highest BCUT2D eigenvalue weighted by atomic mass is 32.2. The summed E-state index contributed by atoms with van der Waals surface area (Å²) in [7, 11) is -3.49. The Kier molecular flexibility index (Phi) is 6.64. The van der Waals surface area contributed by atoms with E-state index in [2.05, 4.69) is 20.5 Å². The van der Waals surface area contributed by atoms with Gasteiger partial charge in [-0.2, -0.15) is 4.31 Å². The Morgan fingerprint density at radius 1 is 1.03 bits per heavy atom. The number of thioether (sulfide) groups is 1. The van der Waals surface area contributed by atoms with Crippen LogP contribution in [0.3, 0.4) is 0 Å². The summed E-state index contributed by atoms with van der Waals surface area (Å²) in [5, 5.41) is 10.9. The average molecular weight is 460 g/mol. The van der Waals surface area contributed by atoms with E-state index in [0.29, 0.717) is 24.7 Å². The molecular weight excluding hydrogens is 438 g/mol. The predicted octanol–water partition coefficient (Wildman–Crippen LogP) is 3.04. The van der Waals surface area contributed by atoms with E-state index in [9.17, 15) is 13.2 Å². The molecule has 9 nitrogen and oxygen atoms in total. The summed E-state index contributed by atoms with van der Waals surface area (Å²) in [6.07, 6.45) is 6.08. The summed E-state index contributed by atoms with van der Waals surface area (Å²) in [4.78, 5) is 16.4. The zero-order valence-corrected chi connectivity index (χ0v) is 18.2. The molecule has 3 aromatic rings. The number of aromatic nitrogens is 3. The van der Waals surface area contributed by atoms with Crippen LogP contribution in [-0.2, 0) is 14.8 Å². The molecule has 0 spiro atoms. The first-order valence-corrected chi connectivity index (χ1v) is 12.2. The van der Waals surface area contributed by atoms with Crippen molar-refractivity contribution in [2.24, 2.45) is 0 Å². The third-order valence-corrected chi connectivity index (χ3v) is 7.48. The zero-order chi connectivity index (χ0) is 21.7. The molecule has 0 aliphatic carbocycles. The molecule has 4 rings (SSSR count). The Morgan fingerprint density at radius 3 is 2.45 bits per heavy atom. The molecule has 0 saturated carbocycles. The SMILES string of the molecule is O=C(CSc1nnc(-c2ccncc2)o1)Nc1ccc(S(=O)(=O)N2CCCCC2)cc1. The van der Waals surface area contributed by atoms with Gasteiger partial charge in [-0.3, -0.25) is 9.78 Å². The van der Waals surface area contributed by atoms with Crippen molar-refractivity contribution in [3.8, 4) is 11.5 Å². The fraction of sp³-hybridized carbons (Fsp3) is 0.300.